The third kappa shape index (κ3) is 1.94. The predicted octanol–water partition coefficient (Wildman–Crippen LogP) is 2.34. The zero-order valence-electron chi connectivity index (χ0n) is 11.1. The summed E-state index contributed by atoms with van der Waals surface area (Å²) in [4.78, 5) is 24.1. The Balaban J connectivity index is 2.20. The van der Waals surface area contributed by atoms with E-state index >= 15 is 0 Å². The molecule has 18 heavy (non-hydrogen) atoms. The molecule has 0 bridgehead atoms. The third-order valence-corrected chi connectivity index (χ3v) is 3.96. The van der Waals surface area contributed by atoms with Crippen LogP contribution in [0.2, 0.25) is 0 Å². The summed E-state index contributed by atoms with van der Waals surface area (Å²) in [7, 11) is 0. The SMILES string of the molecule is CCCC#C[C@@]12C(=O)CCC[C@@H]1[C@H]2C(=O)OCC. The van der Waals surface area contributed by atoms with Gasteiger partial charge in [0, 0.05) is 12.8 Å². The second-order valence-corrected chi connectivity index (χ2v) is 5.07. The molecular formula is C15H20O3. The lowest BCUT2D eigenvalue weighted by Crippen LogP contribution is -2.23. The van der Waals surface area contributed by atoms with Crippen molar-refractivity contribution in [1.29, 1.82) is 0 Å². The van der Waals surface area contributed by atoms with Crippen LogP contribution in [0.5, 0.6) is 0 Å². The molecule has 3 atom stereocenters. The molecule has 0 N–H and O–H groups in total. The Bertz CT molecular complexity index is 415. The molecule has 3 nitrogen and oxygen atoms in total. The molecule has 0 aliphatic heterocycles. The van der Waals surface area contributed by atoms with Gasteiger partial charge in [-0.25, -0.2) is 0 Å². The highest BCUT2D eigenvalue weighted by Gasteiger charge is 2.73. The summed E-state index contributed by atoms with van der Waals surface area (Å²) in [6.07, 6.45) is 4.14. The number of Topliss-reactive ketones (excluding diaryl/α,β-unsaturated/α-hetero) is 1. The van der Waals surface area contributed by atoms with E-state index in [4.69, 9.17) is 4.74 Å². The number of rotatable bonds is 3. The fraction of sp³-hybridized carbons (Fsp3) is 0.733. The van der Waals surface area contributed by atoms with Gasteiger partial charge in [-0.15, -0.1) is 5.92 Å². The lowest BCUT2D eigenvalue weighted by atomic mass is 9.87. The fourth-order valence-corrected chi connectivity index (χ4v) is 3.08. The Morgan fingerprint density at radius 2 is 2.28 bits per heavy atom. The van der Waals surface area contributed by atoms with Crippen LogP contribution in [0.4, 0.5) is 0 Å². The minimum atomic E-state index is -0.681. The van der Waals surface area contributed by atoms with Crippen LogP contribution in [0, 0.1) is 29.1 Å². The molecule has 2 fully saturated rings. The summed E-state index contributed by atoms with van der Waals surface area (Å²) in [5, 5.41) is 0. The molecule has 2 saturated carbocycles. The van der Waals surface area contributed by atoms with E-state index in [2.05, 4.69) is 18.8 Å². The van der Waals surface area contributed by atoms with Gasteiger partial charge >= 0.3 is 5.97 Å². The number of ether oxygens (including phenoxy) is 1. The van der Waals surface area contributed by atoms with Crippen molar-refractivity contribution >= 4 is 11.8 Å². The standard InChI is InChI=1S/C15H20O3/c1-3-5-6-10-15-11(8-7-9-12(15)16)13(15)14(17)18-4-2/h11,13H,3-5,7-9H2,1-2H3/t11-,13+,15+/m1/s1. The molecule has 0 unspecified atom stereocenters. The summed E-state index contributed by atoms with van der Waals surface area (Å²) in [6.45, 7) is 4.22. The Kier molecular flexibility index (Phi) is 3.75. The normalized spacial score (nSPS) is 33.1. The number of carbonyl (C=O) groups is 2. The van der Waals surface area contributed by atoms with Crippen LogP contribution in [0.25, 0.3) is 0 Å². The van der Waals surface area contributed by atoms with Crippen molar-refractivity contribution in [2.24, 2.45) is 17.3 Å². The molecule has 0 heterocycles. The second kappa shape index (κ2) is 5.14. The highest BCUT2D eigenvalue weighted by atomic mass is 16.5. The van der Waals surface area contributed by atoms with Crippen LogP contribution in [-0.4, -0.2) is 18.4 Å². The fourth-order valence-electron chi connectivity index (χ4n) is 3.08. The first-order valence-corrected chi connectivity index (χ1v) is 6.88. The van der Waals surface area contributed by atoms with E-state index in [1.54, 1.807) is 6.92 Å². The predicted molar refractivity (Wildman–Crippen MR) is 67.6 cm³/mol. The zero-order chi connectivity index (χ0) is 13.2. The van der Waals surface area contributed by atoms with Gasteiger partial charge in [-0.1, -0.05) is 12.8 Å². The summed E-state index contributed by atoms with van der Waals surface area (Å²) in [5.41, 5.74) is -0.681. The number of hydrogen-bond acceptors (Lipinski definition) is 3. The van der Waals surface area contributed by atoms with Crippen molar-refractivity contribution < 1.29 is 14.3 Å². The van der Waals surface area contributed by atoms with Crippen molar-refractivity contribution in [2.45, 2.75) is 46.0 Å². The molecule has 0 spiro atoms. The number of unbranched alkanes of at least 4 members (excludes halogenated alkanes) is 1. The first-order chi connectivity index (χ1) is 8.68. The molecule has 0 aromatic rings. The Morgan fingerprint density at radius 3 is 2.94 bits per heavy atom. The molecule has 2 aliphatic rings. The van der Waals surface area contributed by atoms with E-state index in [1.165, 1.54) is 0 Å². The van der Waals surface area contributed by atoms with Crippen molar-refractivity contribution in [3.63, 3.8) is 0 Å². The minimum absolute atomic E-state index is 0.113. The summed E-state index contributed by atoms with van der Waals surface area (Å²) < 4.78 is 5.08. The van der Waals surface area contributed by atoms with Gasteiger partial charge in [0.25, 0.3) is 0 Å². The lowest BCUT2D eigenvalue weighted by Gasteiger charge is -2.14. The Labute approximate surface area is 108 Å². The smallest absolute Gasteiger partial charge is 0.311 e. The van der Waals surface area contributed by atoms with Crippen LogP contribution in [0.3, 0.4) is 0 Å². The van der Waals surface area contributed by atoms with Gasteiger partial charge in [-0.3, -0.25) is 9.59 Å². The molecule has 0 saturated heterocycles. The third-order valence-electron chi connectivity index (χ3n) is 3.96. The number of ketones is 1. The first kappa shape index (κ1) is 13.1. The monoisotopic (exact) mass is 248 g/mol. The first-order valence-electron chi connectivity index (χ1n) is 6.88. The summed E-state index contributed by atoms with van der Waals surface area (Å²) in [6, 6.07) is 0. The van der Waals surface area contributed by atoms with Gasteiger partial charge in [-0.05, 0) is 32.1 Å². The van der Waals surface area contributed by atoms with Crippen LogP contribution in [0.1, 0.15) is 46.0 Å². The van der Waals surface area contributed by atoms with E-state index < -0.39 is 5.41 Å². The maximum atomic E-state index is 12.2. The van der Waals surface area contributed by atoms with Gasteiger partial charge < -0.3 is 4.74 Å². The Hall–Kier alpha value is -1.30. The van der Waals surface area contributed by atoms with Gasteiger partial charge in [0.1, 0.15) is 5.41 Å². The highest BCUT2D eigenvalue weighted by molar-refractivity contribution is 6.00. The number of fused-ring (bicyclic) bond motifs is 1. The molecular weight excluding hydrogens is 228 g/mol. The van der Waals surface area contributed by atoms with Gasteiger partial charge in [-0.2, -0.15) is 0 Å². The molecule has 0 radical (unpaired) electrons. The average Bonchev–Trinajstić information content (AvgIpc) is 3.01. The van der Waals surface area contributed by atoms with Gasteiger partial charge in [0.15, 0.2) is 5.78 Å². The minimum Gasteiger partial charge on any atom is -0.466 e. The van der Waals surface area contributed by atoms with Gasteiger partial charge in [0.05, 0.1) is 12.5 Å². The topological polar surface area (TPSA) is 43.4 Å². The lowest BCUT2D eigenvalue weighted by molar-refractivity contribution is -0.146. The molecule has 98 valence electrons. The number of hydrogen-bond donors (Lipinski definition) is 0. The van der Waals surface area contributed by atoms with Crippen molar-refractivity contribution in [1.82, 2.24) is 0 Å². The van der Waals surface area contributed by atoms with Gasteiger partial charge in [0.2, 0.25) is 0 Å². The largest absolute Gasteiger partial charge is 0.466 e. The number of carbonyl (C=O) groups excluding carboxylic acids is 2. The molecule has 0 aromatic heterocycles. The maximum absolute atomic E-state index is 12.2. The van der Waals surface area contributed by atoms with E-state index in [9.17, 15) is 9.59 Å². The van der Waals surface area contributed by atoms with Crippen LogP contribution in [0.15, 0.2) is 0 Å². The average molecular weight is 248 g/mol. The molecule has 0 amide bonds. The van der Waals surface area contributed by atoms with E-state index in [-0.39, 0.29) is 23.6 Å². The second-order valence-electron chi connectivity index (χ2n) is 5.07. The van der Waals surface area contributed by atoms with E-state index in [0.29, 0.717) is 13.0 Å². The van der Waals surface area contributed by atoms with Crippen molar-refractivity contribution in [3.05, 3.63) is 0 Å². The van der Waals surface area contributed by atoms with Crippen LogP contribution < -0.4 is 0 Å². The maximum Gasteiger partial charge on any atom is 0.311 e. The molecule has 0 aromatic carbocycles. The highest BCUT2D eigenvalue weighted by Crippen LogP contribution is 2.64. The molecule has 2 aliphatic carbocycles. The number of esters is 1. The quantitative estimate of drug-likeness (QED) is 0.568. The Morgan fingerprint density at radius 1 is 1.50 bits per heavy atom. The van der Waals surface area contributed by atoms with E-state index in [0.717, 1.165) is 25.7 Å². The van der Waals surface area contributed by atoms with Crippen LogP contribution in [-0.2, 0) is 14.3 Å². The van der Waals surface area contributed by atoms with Crippen molar-refractivity contribution in [2.75, 3.05) is 6.61 Å². The van der Waals surface area contributed by atoms with E-state index in [1.807, 2.05) is 0 Å². The summed E-state index contributed by atoms with van der Waals surface area (Å²) >= 11 is 0. The summed E-state index contributed by atoms with van der Waals surface area (Å²) in [5.74, 6) is 5.92. The zero-order valence-corrected chi connectivity index (χ0v) is 11.1. The molecule has 3 heteroatoms. The molecule has 2 rings (SSSR count). The van der Waals surface area contributed by atoms with Crippen molar-refractivity contribution in [3.8, 4) is 11.8 Å². The van der Waals surface area contributed by atoms with Crippen LogP contribution >= 0.6 is 0 Å².